The Kier molecular flexibility index (Phi) is 6.82. The highest BCUT2D eigenvalue weighted by Crippen LogP contribution is 2.47. The zero-order valence-corrected chi connectivity index (χ0v) is 19.2. The molecule has 33 heavy (non-hydrogen) atoms. The molecular formula is C29H33NO3. The van der Waals surface area contributed by atoms with Crippen molar-refractivity contribution in [1.82, 2.24) is 4.90 Å². The summed E-state index contributed by atoms with van der Waals surface area (Å²) in [6.07, 6.45) is 4.98. The van der Waals surface area contributed by atoms with Gasteiger partial charge >= 0.3 is 0 Å². The predicted molar refractivity (Wildman–Crippen MR) is 131 cm³/mol. The van der Waals surface area contributed by atoms with E-state index in [4.69, 9.17) is 9.47 Å². The third-order valence-electron chi connectivity index (χ3n) is 6.95. The van der Waals surface area contributed by atoms with Crippen molar-refractivity contribution in [2.45, 2.75) is 37.5 Å². The molecule has 2 heterocycles. The van der Waals surface area contributed by atoms with Gasteiger partial charge in [-0.1, -0.05) is 42.5 Å². The standard InChI is InChI=1S/C29H33NO3/c31-24-12-15-28-26(20-24)29(27(21-33-28)22-8-2-1-3-9-22)23-10-13-25(14-11-23)32-19-7-6-18-30-16-4-5-17-30/h1-3,8-15,20,27,29,31H,4-7,16-19,21H2/t27-,29?/m1/s1. The van der Waals surface area contributed by atoms with E-state index < -0.39 is 0 Å². The van der Waals surface area contributed by atoms with Gasteiger partial charge in [0.25, 0.3) is 0 Å². The molecule has 0 spiro atoms. The van der Waals surface area contributed by atoms with Crippen molar-refractivity contribution >= 4 is 0 Å². The summed E-state index contributed by atoms with van der Waals surface area (Å²) in [4.78, 5) is 2.56. The molecule has 1 saturated heterocycles. The first-order valence-electron chi connectivity index (χ1n) is 12.2. The van der Waals surface area contributed by atoms with E-state index in [9.17, 15) is 5.11 Å². The zero-order valence-electron chi connectivity index (χ0n) is 19.2. The van der Waals surface area contributed by atoms with Crippen LogP contribution in [0.1, 0.15) is 54.2 Å². The number of aromatic hydroxyl groups is 1. The number of phenolic OH excluding ortho intramolecular Hbond substituents is 1. The molecular weight excluding hydrogens is 410 g/mol. The Morgan fingerprint density at radius 1 is 0.879 bits per heavy atom. The number of rotatable bonds is 8. The number of phenols is 1. The molecule has 5 rings (SSSR count). The van der Waals surface area contributed by atoms with E-state index in [1.54, 1.807) is 6.07 Å². The van der Waals surface area contributed by atoms with E-state index in [1.165, 1.54) is 50.0 Å². The highest BCUT2D eigenvalue weighted by Gasteiger charge is 2.33. The molecule has 0 radical (unpaired) electrons. The van der Waals surface area contributed by atoms with E-state index in [0.717, 1.165) is 30.1 Å². The molecule has 0 aliphatic carbocycles. The summed E-state index contributed by atoms with van der Waals surface area (Å²) in [5.74, 6) is 2.32. The number of hydrogen-bond acceptors (Lipinski definition) is 4. The first kappa shape index (κ1) is 21.8. The van der Waals surface area contributed by atoms with Gasteiger partial charge in [0.05, 0.1) is 13.2 Å². The molecule has 2 atom stereocenters. The fourth-order valence-corrected chi connectivity index (χ4v) is 5.21. The van der Waals surface area contributed by atoms with Crippen LogP contribution in [0.3, 0.4) is 0 Å². The number of ether oxygens (including phenoxy) is 2. The summed E-state index contributed by atoms with van der Waals surface area (Å²) in [6.45, 7) is 5.09. The van der Waals surface area contributed by atoms with E-state index in [1.807, 2.05) is 18.2 Å². The molecule has 0 amide bonds. The van der Waals surface area contributed by atoms with Gasteiger partial charge in [0.1, 0.15) is 17.2 Å². The van der Waals surface area contributed by atoms with Crippen LogP contribution in [0.25, 0.3) is 0 Å². The number of benzene rings is 3. The molecule has 0 bridgehead atoms. The van der Waals surface area contributed by atoms with Gasteiger partial charge in [-0.15, -0.1) is 0 Å². The van der Waals surface area contributed by atoms with Crippen molar-refractivity contribution in [3.63, 3.8) is 0 Å². The normalized spacial score (nSPS) is 20.2. The van der Waals surface area contributed by atoms with E-state index >= 15 is 0 Å². The highest BCUT2D eigenvalue weighted by molar-refractivity contribution is 5.51. The highest BCUT2D eigenvalue weighted by atomic mass is 16.5. The molecule has 0 saturated carbocycles. The van der Waals surface area contributed by atoms with Gasteiger partial charge < -0.3 is 19.5 Å². The van der Waals surface area contributed by atoms with Crippen molar-refractivity contribution in [2.24, 2.45) is 0 Å². The van der Waals surface area contributed by atoms with E-state index in [2.05, 4.69) is 53.4 Å². The third kappa shape index (κ3) is 5.17. The molecule has 1 unspecified atom stereocenters. The maximum Gasteiger partial charge on any atom is 0.123 e. The summed E-state index contributed by atoms with van der Waals surface area (Å²) in [7, 11) is 0. The SMILES string of the molecule is Oc1ccc2c(c1)C(c1ccc(OCCCCN3CCCC3)cc1)[C@@H](c1ccccc1)CO2. The van der Waals surface area contributed by atoms with Crippen molar-refractivity contribution in [1.29, 1.82) is 0 Å². The summed E-state index contributed by atoms with van der Waals surface area (Å²) in [6, 6.07) is 24.4. The van der Waals surface area contributed by atoms with Gasteiger partial charge in [-0.3, -0.25) is 0 Å². The molecule has 0 aromatic heterocycles. The Morgan fingerprint density at radius 3 is 2.45 bits per heavy atom. The summed E-state index contributed by atoms with van der Waals surface area (Å²) < 4.78 is 12.1. The fourth-order valence-electron chi connectivity index (χ4n) is 5.21. The average Bonchev–Trinajstić information content (AvgIpc) is 3.38. The lowest BCUT2D eigenvalue weighted by molar-refractivity contribution is 0.248. The van der Waals surface area contributed by atoms with Gasteiger partial charge in [-0.25, -0.2) is 0 Å². The molecule has 2 aliphatic rings. The van der Waals surface area contributed by atoms with E-state index in [0.29, 0.717) is 6.61 Å². The van der Waals surface area contributed by atoms with E-state index in [-0.39, 0.29) is 17.6 Å². The smallest absolute Gasteiger partial charge is 0.123 e. The minimum absolute atomic E-state index is 0.109. The molecule has 3 aromatic rings. The molecule has 2 aliphatic heterocycles. The fraction of sp³-hybridized carbons (Fsp3) is 0.379. The Hall–Kier alpha value is -2.98. The van der Waals surface area contributed by atoms with Gasteiger partial charge in [-0.05, 0) is 86.8 Å². The lowest BCUT2D eigenvalue weighted by Gasteiger charge is -2.34. The van der Waals surface area contributed by atoms with Crippen LogP contribution in [-0.4, -0.2) is 42.9 Å². The zero-order chi connectivity index (χ0) is 22.5. The Balaban J connectivity index is 1.29. The second-order valence-electron chi connectivity index (χ2n) is 9.20. The monoisotopic (exact) mass is 443 g/mol. The number of unbranched alkanes of at least 4 members (excludes halogenated alkanes) is 1. The summed E-state index contributed by atoms with van der Waals surface area (Å²) in [5.41, 5.74) is 3.49. The Bertz CT molecular complexity index is 1030. The molecule has 3 aromatic carbocycles. The second-order valence-corrected chi connectivity index (χ2v) is 9.20. The van der Waals surface area contributed by atoms with Crippen molar-refractivity contribution in [3.8, 4) is 17.2 Å². The first-order valence-corrected chi connectivity index (χ1v) is 12.2. The Labute approximate surface area is 196 Å². The topological polar surface area (TPSA) is 41.9 Å². The lowest BCUT2D eigenvalue weighted by Crippen LogP contribution is -2.25. The van der Waals surface area contributed by atoms with Crippen LogP contribution in [0.15, 0.2) is 72.8 Å². The molecule has 4 nitrogen and oxygen atoms in total. The van der Waals surface area contributed by atoms with Gasteiger partial charge in [0, 0.05) is 17.4 Å². The van der Waals surface area contributed by atoms with Crippen LogP contribution in [0.5, 0.6) is 17.2 Å². The van der Waals surface area contributed by atoms with Gasteiger partial charge in [-0.2, -0.15) is 0 Å². The maximum atomic E-state index is 10.2. The van der Waals surface area contributed by atoms with Gasteiger partial charge in [0.2, 0.25) is 0 Å². The van der Waals surface area contributed by atoms with Gasteiger partial charge in [0.15, 0.2) is 0 Å². The third-order valence-corrected chi connectivity index (χ3v) is 6.95. The van der Waals surface area contributed by atoms with Crippen molar-refractivity contribution in [2.75, 3.05) is 32.8 Å². The minimum Gasteiger partial charge on any atom is -0.508 e. The van der Waals surface area contributed by atoms with Crippen LogP contribution in [0.2, 0.25) is 0 Å². The van der Waals surface area contributed by atoms with Crippen molar-refractivity contribution in [3.05, 3.63) is 89.5 Å². The average molecular weight is 444 g/mol. The number of hydrogen-bond donors (Lipinski definition) is 1. The number of likely N-dealkylation sites (tertiary alicyclic amines) is 1. The Morgan fingerprint density at radius 2 is 1.67 bits per heavy atom. The molecule has 4 heteroatoms. The number of nitrogens with zero attached hydrogens (tertiary/aromatic N) is 1. The van der Waals surface area contributed by atoms with Crippen LogP contribution < -0.4 is 9.47 Å². The quantitative estimate of drug-likeness (QED) is 0.437. The molecule has 172 valence electrons. The van der Waals surface area contributed by atoms with Crippen molar-refractivity contribution < 1.29 is 14.6 Å². The first-order chi connectivity index (χ1) is 16.3. The second kappa shape index (κ2) is 10.3. The molecule has 1 N–H and O–H groups in total. The predicted octanol–water partition coefficient (Wildman–Crippen LogP) is 5.96. The summed E-state index contributed by atoms with van der Waals surface area (Å²) in [5, 5.41) is 10.2. The van der Waals surface area contributed by atoms with Crippen LogP contribution in [-0.2, 0) is 0 Å². The molecule has 1 fully saturated rings. The largest absolute Gasteiger partial charge is 0.508 e. The minimum atomic E-state index is 0.109. The lowest BCUT2D eigenvalue weighted by atomic mass is 9.76. The van der Waals surface area contributed by atoms with Crippen LogP contribution in [0, 0.1) is 0 Å². The number of fused-ring (bicyclic) bond motifs is 1. The van der Waals surface area contributed by atoms with Crippen LogP contribution in [0.4, 0.5) is 0 Å². The maximum absolute atomic E-state index is 10.2. The van der Waals surface area contributed by atoms with Crippen LogP contribution >= 0.6 is 0 Å². The summed E-state index contributed by atoms with van der Waals surface area (Å²) >= 11 is 0.